The van der Waals surface area contributed by atoms with Crippen LogP contribution < -0.4 is 0 Å². The van der Waals surface area contributed by atoms with E-state index in [2.05, 4.69) is 4.53 Å². The molecule has 0 aliphatic heterocycles. The first-order valence-electron chi connectivity index (χ1n) is 3.16. The van der Waals surface area contributed by atoms with E-state index in [0.29, 0.717) is 0 Å². The maximum Gasteiger partial charge on any atom is 0.489 e. The lowest BCUT2D eigenvalue weighted by molar-refractivity contribution is -0.458. The van der Waals surface area contributed by atoms with Gasteiger partial charge in [-0.25, -0.2) is 0 Å². The number of hydroxylamine groups is 2. The Morgan fingerprint density at radius 1 is 1.00 bits per heavy atom. The zero-order valence-corrected chi connectivity index (χ0v) is 8.76. The highest BCUT2D eigenvalue weighted by Gasteiger charge is 2.57. The van der Waals surface area contributed by atoms with Gasteiger partial charge in [0.15, 0.2) is 0 Å². The zero-order valence-electron chi connectivity index (χ0n) is 7.00. The predicted molar refractivity (Wildman–Crippen MR) is 38.4 cm³/mol. The number of halogens is 7. The molecule has 0 aromatic carbocycles. The average molecular weight is 262 g/mol. The molecular weight excluding hydrogens is 256 g/mol. The number of alkyl halides is 6. The van der Waals surface area contributed by atoms with E-state index in [9.17, 15) is 26.3 Å². The first-order chi connectivity index (χ1) is 5.84. The van der Waals surface area contributed by atoms with E-state index >= 15 is 0 Å². The minimum atomic E-state index is -5.66. The molecule has 0 saturated carbocycles. The van der Waals surface area contributed by atoms with Crippen LogP contribution in [0.5, 0.6) is 0 Å². The van der Waals surface area contributed by atoms with E-state index in [1.807, 2.05) is 0 Å². The molecule has 0 spiro atoms. The Kier molecular flexibility index (Phi) is 3.87. The molecule has 0 unspecified atom stereocenters. The van der Waals surface area contributed by atoms with Crippen molar-refractivity contribution in [3.63, 3.8) is 0 Å². The predicted octanol–water partition coefficient (Wildman–Crippen LogP) is 3.20. The van der Waals surface area contributed by atoms with Crippen LogP contribution in [0.15, 0.2) is 0 Å². The lowest BCUT2D eigenvalue weighted by Crippen LogP contribution is -2.52. The summed E-state index contributed by atoms with van der Waals surface area (Å²) in [6.07, 6.45) is -11.3. The van der Waals surface area contributed by atoms with E-state index < -0.39 is 25.3 Å². The molecule has 0 aliphatic rings. The Morgan fingerprint density at radius 2 is 1.29 bits per heavy atom. The number of rotatable bonds is 2. The Labute approximate surface area is 81.2 Å². The van der Waals surface area contributed by atoms with Crippen molar-refractivity contribution in [1.82, 2.24) is 5.06 Å². The lowest BCUT2D eigenvalue weighted by atomic mass is 10.9. The van der Waals surface area contributed by atoms with Gasteiger partial charge in [0.1, 0.15) is 0 Å². The van der Waals surface area contributed by atoms with Crippen molar-refractivity contribution in [2.24, 2.45) is 0 Å². The van der Waals surface area contributed by atoms with Gasteiger partial charge in [-0.2, -0.15) is 26.3 Å². The molecule has 0 atom stereocenters. The largest absolute Gasteiger partial charge is 0.489 e. The molecule has 0 aliphatic carbocycles. The third-order valence-electron chi connectivity index (χ3n) is 0.769. The van der Waals surface area contributed by atoms with Crippen LogP contribution in [0.1, 0.15) is 0 Å². The summed E-state index contributed by atoms with van der Waals surface area (Å²) < 4.78 is 74.4. The highest BCUT2D eigenvalue weighted by Crippen LogP contribution is 2.35. The Balaban J connectivity index is 4.78. The molecule has 0 aromatic heterocycles. The fourth-order valence-corrected chi connectivity index (χ4v) is 1.31. The molecule has 0 aromatic rings. The van der Waals surface area contributed by atoms with Gasteiger partial charge in [0.2, 0.25) is 0 Å². The number of hydrogen-bond acceptors (Lipinski definition) is 2. The van der Waals surface area contributed by atoms with Crippen LogP contribution in [0.25, 0.3) is 0 Å². The summed E-state index contributed by atoms with van der Waals surface area (Å²) in [6.45, 7) is 1.97. The minimum Gasteiger partial charge on any atom is -0.310 e. The van der Waals surface area contributed by atoms with Gasteiger partial charge in [-0.05, 0) is 18.2 Å². The van der Waals surface area contributed by atoms with Crippen molar-refractivity contribution in [3.05, 3.63) is 0 Å². The van der Waals surface area contributed by atoms with Crippen LogP contribution in [0.4, 0.5) is 26.3 Å². The molecule has 0 fully saturated rings. The lowest BCUT2D eigenvalue weighted by Gasteiger charge is -2.29. The molecule has 14 heavy (non-hydrogen) atoms. The summed E-state index contributed by atoms with van der Waals surface area (Å²) in [4.78, 5) is 0. The first-order valence-corrected chi connectivity index (χ1v) is 7.08. The molecule has 10 heteroatoms. The van der Waals surface area contributed by atoms with Crippen molar-refractivity contribution in [1.29, 1.82) is 0 Å². The smallest absolute Gasteiger partial charge is 0.310 e. The zero-order chi connectivity index (χ0) is 11.8. The summed E-state index contributed by atoms with van der Waals surface area (Å²) >= 11 is 5.21. The summed E-state index contributed by atoms with van der Waals surface area (Å²) in [5.41, 5.74) is 0. The average Bonchev–Trinajstić information content (AvgIpc) is 1.75. The molecule has 0 N–H and O–H groups in total. The number of hydrogen-bond donors (Lipinski definition) is 0. The van der Waals surface area contributed by atoms with E-state index in [0.717, 1.165) is 13.1 Å². The molecule has 0 heterocycles. The van der Waals surface area contributed by atoms with Gasteiger partial charge < -0.3 is 4.53 Å². The van der Waals surface area contributed by atoms with Crippen molar-refractivity contribution in [2.45, 2.75) is 25.7 Å². The van der Waals surface area contributed by atoms with Gasteiger partial charge in [-0.1, -0.05) is 0 Å². The van der Waals surface area contributed by atoms with Gasteiger partial charge in [-0.3, -0.25) is 0 Å². The summed E-state index contributed by atoms with van der Waals surface area (Å²) in [6, 6.07) is 0. The topological polar surface area (TPSA) is 12.5 Å². The van der Waals surface area contributed by atoms with Gasteiger partial charge in [0.25, 0.3) is 0 Å². The van der Waals surface area contributed by atoms with Crippen molar-refractivity contribution < 1.29 is 30.9 Å². The monoisotopic (exact) mass is 261 g/mol. The maximum absolute atomic E-state index is 11.8. The second-order valence-electron chi connectivity index (χ2n) is 2.68. The first kappa shape index (κ1) is 14.0. The van der Waals surface area contributed by atoms with Crippen molar-refractivity contribution >= 4 is 18.7 Å². The van der Waals surface area contributed by atoms with Crippen LogP contribution in [0.2, 0.25) is 13.1 Å². The third kappa shape index (κ3) is 5.03. The quantitative estimate of drug-likeness (QED) is 0.249. The Bertz CT molecular complexity index is 183. The summed E-state index contributed by atoms with van der Waals surface area (Å²) in [5, 5.41) is -1.99. The summed E-state index contributed by atoms with van der Waals surface area (Å²) in [7, 11) is -3.48. The molecule has 0 rings (SSSR count). The third-order valence-corrected chi connectivity index (χ3v) is 1.59. The van der Waals surface area contributed by atoms with Crippen molar-refractivity contribution in [2.75, 3.05) is 0 Å². The molecule has 2 nitrogen and oxygen atoms in total. The Hall–Kier alpha value is 0.00688. The summed E-state index contributed by atoms with van der Waals surface area (Å²) in [5.74, 6) is 0. The molecule has 0 radical (unpaired) electrons. The molecule has 0 saturated heterocycles. The normalized spacial score (nSPS) is 15.0. The molecular formula is C4H6ClF6NOSi. The minimum absolute atomic E-state index is 0.985. The second-order valence-corrected chi connectivity index (χ2v) is 8.32. The van der Waals surface area contributed by atoms with E-state index in [-0.39, 0.29) is 0 Å². The van der Waals surface area contributed by atoms with Gasteiger partial charge in [0, 0.05) is 0 Å². The highest BCUT2D eigenvalue weighted by molar-refractivity contribution is 7.15. The molecule has 0 amide bonds. The Morgan fingerprint density at radius 3 is 1.36 bits per heavy atom. The number of nitrogens with zero attached hydrogens (tertiary/aromatic N) is 1. The van der Waals surface area contributed by atoms with Crippen LogP contribution in [-0.2, 0) is 4.53 Å². The van der Waals surface area contributed by atoms with Gasteiger partial charge >= 0.3 is 20.2 Å². The SMILES string of the molecule is C[Si](C)(Cl)ON(C(F)(F)F)C(F)(F)F. The van der Waals surface area contributed by atoms with Crippen LogP contribution >= 0.6 is 11.1 Å². The van der Waals surface area contributed by atoms with E-state index in [4.69, 9.17) is 11.1 Å². The van der Waals surface area contributed by atoms with Crippen molar-refractivity contribution in [3.8, 4) is 0 Å². The second kappa shape index (κ2) is 3.87. The fraction of sp³-hybridized carbons (Fsp3) is 1.00. The van der Waals surface area contributed by atoms with Crippen LogP contribution in [0.3, 0.4) is 0 Å². The van der Waals surface area contributed by atoms with Gasteiger partial charge in [0.05, 0.1) is 0 Å². The molecule has 0 bridgehead atoms. The fourth-order valence-electron chi connectivity index (χ4n) is 0.464. The molecule has 86 valence electrons. The van der Waals surface area contributed by atoms with Gasteiger partial charge in [-0.15, -0.1) is 11.1 Å². The van der Waals surface area contributed by atoms with Crippen LogP contribution in [-0.4, -0.2) is 25.3 Å². The van der Waals surface area contributed by atoms with E-state index in [1.54, 1.807) is 0 Å². The standard InChI is InChI=1S/C4H6ClF6NOSi/c1-14(2,5)13-12(3(6,7)8)4(9,10)11/h1-2H3. The van der Waals surface area contributed by atoms with Crippen LogP contribution in [0, 0.1) is 0 Å². The maximum atomic E-state index is 11.8. The highest BCUT2D eigenvalue weighted by atomic mass is 35.6. The van der Waals surface area contributed by atoms with E-state index in [1.165, 1.54) is 0 Å².